The molecule has 5 aromatic carbocycles. The molecule has 0 saturated carbocycles. The van der Waals surface area contributed by atoms with Crippen molar-refractivity contribution in [3.05, 3.63) is 166 Å². The zero-order valence-electron chi connectivity index (χ0n) is 25.0. The lowest BCUT2D eigenvalue weighted by atomic mass is 10.1. The molecule has 0 heterocycles. The van der Waals surface area contributed by atoms with E-state index >= 15 is 0 Å². The minimum absolute atomic E-state index is 0.0472. The van der Waals surface area contributed by atoms with Crippen LogP contribution in [0.25, 0.3) is 6.08 Å². The van der Waals surface area contributed by atoms with Crippen molar-refractivity contribution in [3.8, 4) is 0 Å². The maximum absolute atomic E-state index is 13.6. The lowest BCUT2D eigenvalue weighted by Gasteiger charge is -2.19. The fraction of sp³-hybridized carbons (Fsp3) is 0.0541. The zero-order chi connectivity index (χ0) is 34.1. The van der Waals surface area contributed by atoms with Crippen molar-refractivity contribution in [2.45, 2.75) is 16.3 Å². The minimum Gasteiger partial charge on any atom is -0.324 e. The number of alkyl halides is 3. The van der Waals surface area contributed by atoms with E-state index in [1.54, 1.807) is 109 Å². The van der Waals surface area contributed by atoms with Gasteiger partial charge in [-0.2, -0.15) is 13.2 Å². The van der Waals surface area contributed by atoms with E-state index in [1.165, 1.54) is 24.3 Å². The van der Waals surface area contributed by atoms with Crippen LogP contribution in [0.15, 0.2) is 144 Å². The van der Waals surface area contributed by atoms with Crippen LogP contribution < -0.4 is 16.0 Å². The molecule has 0 bridgehead atoms. The monoisotopic (exact) mass is 685 g/mol. The molecule has 48 heavy (non-hydrogen) atoms. The van der Waals surface area contributed by atoms with Crippen molar-refractivity contribution in [2.75, 3.05) is 10.6 Å². The standard InChI is InChI=1S/C37H27ClF3N3O3S/c38-27-16-9-11-24(21-27)22-32(44-34(45)26-14-5-2-6-15-26)35(46)42-28-17-10-18-29(23-28)48-33(25-12-3-1-4-13-25)36(47)43-31-20-8-7-19-30(31)37(39,40)41/h1-23,33H,(H,42,46)(H,43,47)(H,44,45)/b32-22-. The molecule has 0 spiro atoms. The number of carbonyl (C=O) groups is 3. The predicted molar refractivity (Wildman–Crippen MR) is 184 cm³/mol. The molecule has 0 aliphatic rings. The summed E-state index contributed by atoms with van der Waals surface area (Å²) in [4.78, 5) is 40.6. The number of halogens is 4. The van der Waals surface area contributed by atoms with Crippen LogP contribution in [-0.2, 0) is 15.8 Å². The van der Waals surface area contributed by atoms with E-state index in [0.29, 0.717) is 32.3 Å². The molecule has 0 radical (unpaired) electrons. The van der Waals surface area contributed by atoms with Gasteiger partial charge in [0.2, 0.25) is 5.91 Å². The van der Waals surface area contributed by atoms with E-state index in [9.17, 15) is 27.6 Å². The molecule has 0 saturated heterocycles. The van der Waals surface area contributed by atoms with E-state index in [1.807, 2.05) is 0 Å². The van der Waals surface area contributed by atoms with E-state index in [0.717, 1.165) is 17.8 Å². The maximum Gasteiger partial charge on any atom is 0.418 e. The van der Waals surface area contributed by atoms with Gasteiger partial charge in [0.25, 0.3) is 11.8 Å². The Bertz CT molecular complexity index is 1950. The van der Waals surface area contributed by atoms with Crippen LogP contribution in [0.3, 0.4) is 0 Å². The molecule has 3 N–H and O–H groups in total. The van der Waals surface area contributed by atoms with Crippen molar-refractivity contribution < 1.29 is 27.6 Å². The van der Waals surface area contributed by atoms with Crippen molar-refractivity contribution in [3.63, 3.8) is 0 Å². The summed E-state index contributed by atoms with van der Waals surface area (Å²) in [7, 11) is 0. The van der Waals surface area contributed by atoms with Gasteiger partial charge in [0.15, 0.2) is 0 Å². The quantitative estimate of drug-likeness (QED) is 0.101. The first-order valence-electron chi connectivity index (χ1n) is 14.5. The molecule has 0 aliphatic heterocycles. The summed E-state index contributed by atoms with van der Waals surface area (Å²) >= 11 is 7.24. The van der Waals surface area contributed by atoms with Gasteiger partial charge in [-0.25, -0.2) is 0 Å². The van der Waals surface area contributed by atoms with Crippen molar-refractivity contribution >= 4 is 58.5 Å². The number of anilines is 2. The molecular formula is C37H27ClF3N3O3S. The third-order valence-corrected chi connectivity index (χ3v) is 8.35. The lowest BCUT2D eigenvalue weighted by Crippen LogP contribution is -2.30. The zero-order valence-corrected chi connectivity index (χ0v) is 26.6. The minimum atomic E-state index is -4.66. The topological polar surface area (TPSA) is 87.3 Å². The number of carbonyl (C=O) groups excluding carboxylic acids is 3. The van der Waals surface area contributed by atoms with E-state index < -0.39 is 34.7 Å². The average molecular weight is 686 g/mol. The summed E-state index contributed by atoms with van der Waals surface area (Å²) in [6.07, 6.45) is -3.17. The van der Waals surface area contributed by atoms with Gasteiger partial charge in [-0.3, -0.25) is 14.4 Å². The third-order valence-electron chi connectivity index (χ3n) is 6.87. The molecule has 11 heteroatoms. The summed E-state index contributed by atoms with van der Waals surface area (Å²) in [5.41, 5.74) is 0.488. The largest absolute Gasteiger partial charge is 0.418 e. The smallest absolute Gasteiger partial charge is 0.324 e. The van der Waals surface area contributed by atoms with Crippen LogP contribution in [0.2, 0.25) is 5.02 Å². The van der Waals surface area contributed by atoms with E-state index in [2.05, 4.69) is 16.0 Å². The van der Waals surface area contributed by atoms with Crippen LogP contribution in [-0.4, -0.2) is 17.7 Å². The number of amides is 3. The van der Waals surface area contributed by atoms with Crippen LogP contribution in [0.4, 0.5) is 24.5 Å². The molecule has 0 aromatic heterocycles. The number of rotatable bonds is 10. The second-order valence-corrected chi connectivity index (χ2v) is 12.0. The van der Waals surface area contributed by atoms with Crippen LogP contribution >= 0.6 is 23.4 Å². The fourth-order valence-corrected chi connectivity index (χ4v) is 5.91. The van der Waals surface area contributed by atoms with E-state index in [4.69, 9.17) is 11.6 Å². The molecular weight excluding hydrogens is 659 g/mol. The Kier molecular flexibility index (Phi) is 11.0. The number of para-hydroxylation sites is 1. The lowest BCUT2D eigenvalue weighted by molar-refractivity contribution is -0.137. The Labute approximate surface area is 284 Å². The molecule has 1 atom stereocenters. The Morgan fingerprint density at radius 1 is 0.729 bits per heavy atom. The molecule has 5 aromatic rings. The highest BCUT2D eigenvalue weighted by atomic mass is 35.5. The summed E-state index contributed by atoms with van der Waals surface area (Å²) in [6.45, 7) is 0. The van der Waals surface area contributed by atoms with Crippen molar-refractivity contribution in [1.29, 1.82) is 0 Å². The number of benzene rings is 5. The normalized spacial score (nSPS) is 12.1. The molecule has 0 fully saturated rings. The average Bonchev–Trinajstić information content (AvgIpc) is 3.07. The van der Waals surface area contributed by atoms with Crippen molar-refractivity contribution in [2.24, 2.45) is 0 Å². The second-order valence-electron chi connectivity index (χ2n) is 10.4. The Balaban J connectivity index is 1.39. The molecule has 3 amide bonds. The van der Waals surface area contributed by atoms with Crippen LogP contribution in [0.5, 0.6) is 0 Å². The summed E-state index contributed by atoms with van der Waals surface area (Å²) in [5, 5.41) is 7.41. The highest BCUT2D eigenvalue weighted by molar-refractivity contribution is 8.00. The third kappa shape index (κ3) is 9.15. The SMILES string of the molecule is O=C(Nc1cccc(SC(C(=O)Nc2ccccc2C(F)(F)F)c2ccccc2)c1)/C(=C/c1cccc(Cl)c1)NC(=O)c1ccccc1. The van der Waals surface area contributed by atoms with Gasteiger partial charge in [-0.1, -0.05) is 90.5 Å². The highest BCUT2D eigenvalue weighted by Gasteiger charge is 2.34. The number of hydrogen-bond acceptors (Lipinski definition) is 4. The van der Waals surface area contributed by atoms with Gasteiger partial charge >= 0.3 is 6.18 Å². The van der Waals surface area contributed by atoms with Gasteiger partial charge < -0.3 is 16.0 Å². The molecule has 1 unspecified atom stereocenters. The highest BCUT2D eigenvalue weighted by Crippen LogP contribution is 2.39. The summed E-state index contributed by atoms with van der Waals surface area (Å²) in [6, 6.07) is 35.3. The van der Waals surface area contributed by atoms with Gasteiger partial charge in [0, 0.05) is 21.2 Å². The number of nitrogens with one attached hydrogen (secondary N) is 3. The van der Waals surface area contributed by atoms with Gasteiger partial charge in [0.1, 0.15) is 10.9 Å². The fourth-order valence-electron chi connectivity index (χ4n) is 4.63. The first-order chi connectivity index (χ1) is 23.1. The van der Waals surface area contributed by atoms with Crippen LogP contribution in [0.1, 0.15) is 32.3 Å². The maximum atomic E-state index is 13.6. The molecule has 5 rings (SSSR count). The van der Waals surface area contributed by atoms with Gasteiger partial charge in [-0.15, -0.1) is 11.8 Å². The first kappa shape index (κ1) is 34.0. The molecule has 6 nitrogen and oxygen atoms in total. The first-order valence-corrected chi connectivity index (χ1v) is 15.8. The second kappa shape index (κ2) is 15.5. The van der Waals surface area contributed by atoms with Gasteiger partial charge in [-0.05, 0) is 71.8 Å². The summed E-state index contributed by atoms with van der Waals surface area (Å²) < 4.78 is 40.9. The Hall–Kier alpha value is -5.32. The molecule has 242 valence electrons. The van der Waals surface area contributed by atoms with Gasteiger partial charge in [0.05, 0.1) is 11.3 Å². The van der Waals surface area contributed by atoms with E-state index in [-0.39, 0.29) is 11.4 Å². The molecule has 0 aliphatic carbocycles. The number of thioether (sulfide) groups is 1. The number of hydrogen-bond donors (Lipinski definition) is 3. The Morgan fingerprint density at radius 2 is 1.40 bits per heavy atom. The predicted octanol–water partition coefficient (Wildman–Crippen LogP) is 9.24. The summed E-state index contributed by atoms with van der Waals surface area (Å²) in [5.74, 6) is -1.78. The van der Waals surface area contributed by atoms with Crippen molar-refractivity contribution in [1.82, 2.24) is 5.32 Å². The van der Waals surface area contributed by atoms with Crippen LogP contribution in [0, 0.1) is 0 Å². The Morgan fingerprint density at radius 3 is 2.10 bits per heavy atom.